The summed E-state index contributed by atoms with van der Waals surface area (Å²) >= 11 is 0. The molecule has 0 unspecified atom stereocenters. The van der Waals surface area contributed by atoms with Crippen molar-refractivity contribution in [1.29, 1.82) is 0 Å². The smallest absolute Gasteiger partial charge is 0.185 e. The first-order valence-corrected chi connectivity index (χ1v) is 6.63. The molecule has 0 saturated carbocycles. The number of rotatable bonds is 5. The molecule has 0 bridgehead atoms. The maximum absolute atomic E-state index is 5.15. The van der Waals surface area contributed by atoms with E-state index in [1.165, 1.54) is 0 Å². The lowest BCUT2D eigenvalue weighted by atomic mass is 10.2. The lowest BCUT2D eigenvalue weighted by Gasteiger charge is -2.01. The van der Waals surface area contributed by atoms with Gasteiger partial charge in [0, 0.05) is 26.3 Å². The van der Waals surface area contributed by atoms with Crippen LogP contribution in [-0.2, 0) is 18.2 Å². The predicted octanol–water partition coefficient (Wildman–Crippen LogP) is 0.888. The normalized spacial score (nSPS) is 11.2. The van der Waals surface area contributed by atoms with Crippen molar-refractivity contribution in [1.82, 2.24) is 34.7 Å². The molecule has 0 spiro atoms. The van der Waals surface area contributed by atoms with Crippen molar-refractivity contribution < 1.29 is 4.74 Å². The minimum Gasteiger partial charge on any atom is -0.384 e. The summed E-state index contributed by atoms with van der Waals surface area (Å²) in [5, 5.41) is 15.7. The van der Waals surface area contributed by atoms with Gasteiger partial charge < -0.3 is 4.74 Å². The van der Waals surface area contributed by atoms with Crippen LogP contribution in [-0.4, -0.2) is 48.5 Å². The molecule has 8 nitrogen and oxygen atoms in total. The van der Waals surface area contributed by atoms with Gasteiger partial charge in [0.15, 0.2) is 5.82 Å². The van der Waals surface area contributed by atoms with Gasteiger partial charge in [-0.25, -0.2) is 9.67 Å². The molecule has 0 atom stereocenters. The lowest BCUT2D eigenvalue weighted by Crippen LogP contribution is -2.05. The molecular weight excluding hydrogens is 270 g/mol. The van der Waals surface area contributed by atoms with Crippen LogP contribution < -0.4 is 0 Å². The second-order valence-corrected chi connectivity index (χ2v) is 4.79. The summed E-state index contributed by atoms with van der Waals surface area (Å²) < 4.78 is 8.68. The molecule has 110 valence electrons. The van der Waals surface area contributed by atoms with Gasteiger partial charge in [0.05, 0.1) is 30.8 Å². The number of methoxy groups -OCH3 is 1. The van der Waals surface area contributed by atoms with Crippen molar-refractivity contribution in [2.45, 2.75) is 13.3 Å². The highest BCUT2D eigenvalue weighted by atomic mass is 16.5. The summed E-state index contributed by atoms with van der Waals surface area (Å²) in [5.74, 6) is 1.48. The Kier molecular flexibility index (Phi) is 3.53. The fourth-order valence-electron chi connectivity index (χ4n) is 2.11. The van der Waals surface area contributed by atoms with E-state index in [4.69, 9.17) is 4.74 Å². The van der Waals surface area contributed by atoms with E-state index in [0.29, 0.717) is 18.9 Å². The number of nitrogens with one attached hydrogen (secondary N) is 1. The van der Waals surface area contributed by atoms with Crippen LogP contribution in [0.3, 0.4) is 0 Å². The molecular formula is C13H17N7O. The number of aryl methyl sites for hydroxylation is 2. The van der Waals surface area contributed by atoms with E-state index in [9.17, 15) is 0 Å². The summed E-state index contributed by atoms with van der Waals surface area (Å²) in [6, 6.07) is 0. The van der Waals surface area contributed by atoms with Crippen molar-refractivity contribution in [3.8, 4) is 17.1 Å². The third-order valence-corrected chi connectivity index (χ3v) is 3.21. The van der Waals surface area contributed by atoms with Gasteiger partial charge in [-0.3, -0.25) is 9.78 Å². The second kappa shape index (κ2) is 5.49. The molecule has 0 amide bonds. The Hall–Kier alpha value is -2.48. The van der Waals surface area contributed by atoms with Crippen LogP contribution in [0.4, 0.5) is 0 Å². The van der Waals surface area contributed by atoms with Crippen molar-refractivity contribution in [3.63, 3.8) is 0 Å². The average molecular weight is 287 g/mol. The van der Waals surface area contributed by atoms with E-state index in [2.05, 4.69) is 25.4 Å². The highest BCUT2D eigenvalue weighted by Gasteiger charge is 2.16. The molecule has 21 heavy (non-hydrogen) atoms. The summed E-state index contributed by atoms with van der Waals surface area (Å²) in [4.78, 5) is 4.61. The highest BCUT2D eigenvalue weighted by molar-refractivity contribution is 5.56. The third kappa shape index (κ3) is 2.57. The number of H-pyrrole nitrogens is 1. The van der Waals surface area contributed by atoms with Gasteiger partial charge in [-0.1, -0.05) is 0 Å². The van der Waals surface area contributed by atoms with Crippen molar-refractivity contribution in [3.05, 3.63) is 30.1 Å². The van der Waals surface area contributed by atoms with E-state index in [1.807, 2.05) is 20.2 Å². The van der Waals surface area contributed by atoms with Gasteiger partial charge in [-0.2, -0.15) is 10.2 Å². The standard InChI is InChI=1S/C13H17N7O/c1-9-11(7-14-17-9)13-16-12(4-5-21-3)20(18-13)10-6-15-19(2)8-10/h6-8H,4-5H2,1-3H3,(H,14,17). The molecule has 0 aliphatic rings. The zero-order valence-electron chi connectivity index (χ0n) is 12.2. The van der Waals surface area contributed by atoms with Crippen molar-refractivity contribution in [2.75, 3.05) is 13.7 Å². The topological polar surface area (TPSA) is 86.4 Å². The van der Waals surface area contributed by atoms with Crippen LogP contribution in [0, 0.1) is 6.92 Å². The number of aromatic amines is 1. The Morgan fingerprint density at radius 3 is 2.81 bits per heavy atom. The SMILES string of the molecule is COCCc1nc(-c2cn[nH]c2C)nn1-c1cnn(C)c1. The van der Waals surface area contributed by atoms with Crippen LogP contribution in [0.5, 0.6) is 0 Å². The summed E-state index contributed by atoms with van der Waals surface area (Å²) in [6.07, 6.45) is 6.07. The zero-order valence-corrected chi connectivity index (χ0v) is 12.2. The van der Waals surface area contributed by atoms with Gasteiger partial charge in [-0.15, -0.1) is 5.10 Å². The van der Waals surface area contributed by atoms with Crippen LogP contribution >= 0.6 is 0 Å². The number of ether oxygens (including phenoxy) is 1. The van der Waals surface area contributed by atoms with E-state index >= 15 is 0 Å². The Morgan fingerprint density at radius 1 is 1.33 bits per heavy atom. The number of aromatic nitrogens is 7. The lowest BCUT2D eigenvalue weighted by molar-refractivity contribution is 0.200. The first-order valence-electron chi connectivity index (χ1n) is 6.63. The molecule has 0 saturated heterocycles. The average Bonchev–Trinajstić information content (AvgIpc) is 3.15. The zero-order chi connectivity index (χ0) is 14.8. The molecule has 0 aliphatic heterocycles. The fraction of sp³-hybridized carbons (Fsp3) is 0.385. The second-order valence-electron chi connectivity index (χ2n) is 4.79. The Morgan fingerprint density at radius 2 is 2.19 bits per heavy atom. The first kappa shape index (κ1) is 13.5. The predicted molar refractivity (Wildman–Crippen MR) is 76.0 cm³/mol. The van der Waals surface area contributed by atoms with Gasteiger partial charge in [-0.05, 0) is 6.92 Å². The van der Waals surface area contributed by atoms with E-state index in [-0.39, 0.29) is 0 Å². The molecule has 3 rings (SSSR count). The quantitative estimate of drug-likeness (QED) is 0.753. The maximum Gasteiger partial charge on any atom is 0.185 e. The van der Waals surface area contributed by atoms with Crippen LogP contribution in [0.25, 0.3) is 17.1 Å². The van der Waals surface area contributed by atoms with Gasteiger partial charge in [0.1, 0.15) is 11.5 Å². The molecule has 3 heterocycles. The van der Waals surface area contributed by atoms with Crippen LogP contribution in [0.1, 0.15) is 11.5 Å². The van der Waals surface area contributed by atoms with Gasteiger partial charge >= 0.3 is 0 Å². The fourth-order valence-corrected chi connectivity index (χ4v) is 2.11. The van der Waals surface area contributed by atoms with Crippen molar-refractivity contribution >= 4 is 0 Å². The van der Waals surface area contributed by atoms with Crippen LogP contribution in [0.15, 0.2) is 18.6 Å². The molecule has 0 aliphatic carbocycles. The molecule has 8 heteroatoms. The van der Waals surface area contributed by atoms with Crippen molar-refractivity contribution in [2.24, 2.45) is 7.05 Å². The van der Waals surface area contributed by atoms with E-state index in [0.717, 1.165) is 22.8 Å². The Balaban J connectivity index is 2.05. The largest absolute Gasteiger partial charge is 0.384 e. The van der Waals surface area contributed by atoms with E-state index < -0.39 is 0 Å². The Bertz CT molecular complexity index is 739. The highest BCUT2D eigenvalue weighted by Crippen LogP contribution is 2.20. The molecule has 0 aromatic carbocycles. The van der Waals surface area contributed by atoms with Gasteiger partial charge in [0.25, 0.3) is 0 Å². The first-order chi connectivity index (χ1) is 10.2. The minimum atomic E-state index is 0.586. The summed E-state index contributed by atoms with van der Waals surface area (Å²) in [5.41, 5.74) is 2.72. The number of hydrogen-bond donors (Lipinski definition) is 1. The third-order valence-electron chi connectivity index (χ3n) is 3.21. The minimum absolute atomic E-state index is 0.586. The monoisotopic (exact) mass is 287 g/mol. The molecule has 3 aromatic rings. The molecule has 0 fully saturated rings. The van der Waals surface area contributed by atoms with Crippen LogP contribution in [0.2, 0.25) is 0 Å². The number of hydrogen-bond acceptors (Lipinski definition) is 5. The molecule has 3 aromatic heterocycles. The molecule has 0 radical (unpaired) electrons. The Labute approximate surface area is 121 Å². The number of nitrogens with zero attached hydrogens (tertiary/aromatic N) is 6. The van der Waals surface area contributed by atoms with Gasteiger partial charge in [0.2, 0.25) is 0 Å². The molecule has 1 N–H and O–H groups in total. The summed E-state index contributed by atoms with van der Waals surface area (Å²) in [7, 11) is 3.54. The maximum atomic E-state index is 5.15. The summed E-state index contributed by atoms with van der Waals surface area (Å²) in [6.45, 7) is 2.53. The van der Waals surface area contributed by atoms with E-state index in [1.54, 1.807) is 28.9 Å².